The molecule has 148 valence electrons. The van der Waals surface area contributed by atoms with E-state index in [9.17, 15) is 14.4 Å². The number of alkyl carbamates (subject to hydrolysis) is 2. The molecule has 1 aliphatic carbocycles. The summed E-state index contributed by atoms with van der Waals surface area (Å²) in [7, 11) is 0. The smallest absolute Gasteiger partial charge is 0.407 e. The molecular formula is C18H30N2O6. The first-order valence-corrected chi connectivity index (χ1v) is 8.86. The quantitative estimate of drug-likeness (QED) is 0.423. The van der Waals surface area contributed by atoms with Crippen LogP contribution in [0.25, 0.3) is 0 Å². The van der Waals surface area contributed by atoms with Gasteiger partial charge in [0.2, 0.25) is 0 Å². The van der Waals surface area contributed by atoms with E-state index in [0.717, 1.165) is 0 Å². The van der Waals surface area contributed by atoms with Gasteiger partial charge in [-0.2, -0.15) is 0 Å². The van der Waals surface area contributed by atoms with E-state index in [-0.39, 0.29) is 24.5 Å². The Labute approximate surface area is 154 Å². The molecule has 0 heterocycles. The number of esters is 1. The van der Waals surface area contributed by atoms with Gasteiger partial charge in [0, 0.05) is 0 Å². The van der Waals surface area contributed by atoms with Crippen LogP contribution < -0.4 is 10.6 Å². The lowest BCUT2D eigenvalue weighted by Crippen LogP contribution is -2.56. The molecule has 0 aliphatic heterocycles. The van der Waals surface area contributed by atoms with Gasteiger partial charge in [0.25, 0.3) is 0 Å². The van der Waals surface area contributed by atoms with Crippen LogP contribution in [0.4, 0.5) is 9.59 Å². The van der Waals surface area contributed by atoms with Gasteiger partial charge in [-0.15, -0.1) is 0 Å². The topological polar surface area (TPSA) is 103 Å². The molecule has 8 heteroatoms. The second-order valence-corrected chi connectivity index (χ2v) is 7.15. The molecule has 0 radical (unpaired) electrons. The third kappa shape index (κ3) is 7.76. The van der Waals surface area contributed by atoms with Gasteiger partial charge in [-0.25, -0.2) is 9.59 Å². The van der Waals surface area contributed by atoms with Crippen LogP contribution >= 0.6 is 0 Å². The fourth-order valence-electron chi connectivity index (χ4n) is 2.76. The van der Waals surface area contributed by atoms with Crippen molar-refractivity contribution in [2.24, 2.45) is 5.92 Å². The van der Waals surface area contributed by atoms with Crippen LogP contribution in [0.15, 0.2) is 12.7 Å². The molecular weight excluding hydrogens is 340 g/mol. The maximum atomic E-state index is 12.1. The molecule has 26 heavy (non-hydrogen) atoms. The Balaban J connectivity index is 2.76. The summed E-state index contributed by atoms with van der Waals surface area (Å²) in [4.78, 5) is 36.0. The van der Waals surface area contributed by atoms with E-state index in [0.29, 0.717) is 25.9 Å². The molecule has 2 N–H and O–H groups in total. The molecule has 1 fully saturated rings. The first-order chi connectivity index (χ1) is 12.2. The zero-order valence-corrected chi connectivity index (χ0v) is 16.0. The minimum absolute atomic E-state index is 0.0914. The fourth-order valence-corrected chi connectivity index (χ4v) is 2.76. The summed E-state index contributed by atoms with van der Waals surface area (Å²) in [6.45, 7) is 10.9. The Morgan fingerprint density at radius 3 is 2.31 bits per heavy atom. The van der Waals surface area contributed by atoms with Crippen molar-refractivity contribution >= 4 is 18.2 Å². The van der Waals surface area contributed by atoms with Gasteiger partial charge in [-0.1, -0.05) is 12.7 Å². The van der Waals surface area contributed by atoms with Gasteiger partial charge in [-0.3, -0.25) is 4.79 Å². The highest BCUT2D eigenvalue weighted by Gasteiger charge is 2.37. The van der Waals surface area contributed by atoms with Gasteiger partial charge in [0.1, 0.15) is 12.2 Å². The highest BCUT2D eigenvalue weighted by molar-refractivity contribution is 5.74. The lowest BCUT2D eigenvalue weighted by molar-refractivity contribution is -0.149. The lowest BCUT2D eigenvalue weighted by Gasteiger charge is -2.36. The number of ether oxygens (including phenoxy) is 3. The predicted octanol–water partition coefficient (Wildman–Crippen LogP) is 2.52. The van der Waals surface area contributed by atoms with Crippen LogP contribution in [-0.4, -0.2) is 49.1 Å². The van der Waals surface area contributed by atoms with Crippen LogP contribution in [-0.2, 0) is 19.0 Å². The van der Waals surface area contributed by atoms with Gasteiger partial charge >= 0.3 is 18.2 Å². The summed E-state index contributed by atoms with van der Waals surface area (Å²) < 4.78 is 15.3. The number of rotatable bonds is 6. The highest BCUT2D eigenvalue weighted by Crippen LogP contribution is 2.26. The molecule has 0 aromatic heterocycles. The van der Waals surface area contributed by atoms with Crippen molar-refractivity contribution in [3.63, 3.8) is 0 Å². The molecule has 8 nitrogen and oxygen atoms in total. The summed E-state index contributed by atoms with van der Waals surface area (Å²) in [5, 5.41) is 5.49. The number of carbonyl (C=O) groups is 3. The predicted molar refractivity (Wildman–Crippen MR) is 95.6 cm³/mol. The number of hydrogen-bond donors (Lipinski definition) is 2. The molecule has 1 saturated carbocycles. The van der Waals surface area contributed by atoms with Crippen LogP contribution in [0.2, 0.25) is 0 Å². The Morgan fingerprint density at radius 1 is 1.08 bits per heavy atom. The summed E-state index contributed by atoms with van der Waals surface area (Å²) in [6, 6.07) is -0.838. The molecule has 0 bridgehead atoms. The SMILES string of the molecule is C=CCOC(=O)NC1CCC(C(=O)OCC)CC1NC(=O)OC(C)(C)C. The Hall–Kier alpha value is -2.25. The van der Waals surface area contributed by atoms with Gasteiger partial charge in [0.05, 0.1) is 24.6 Å². The van der Waals surface area contributed by atoms with Crippen molar-refractivity contribution in [2.75, 3.05) is 13.2 Å². The summed E-state index contributed by atoms with van der Waals surface area (Å²) in [5.41, 5.74) is -0.648. The number of amides is 2. The Bertz CT molecular complexity index is 514. The summed E-state index contributed by atoms with van der Waals surface area (Å²) in [5.74, 6) is -0.631. The minimum Gasteiger partial charge on any atom is -0.466 e. The van der Waals surface area contributed by atoms with Crippen molar-refractivity contribution < 1.29 is 28.6 Å². The van der Waals surface area contributed by atoms with E-state index < -0.39 is 23.8 Å². The second kappa shape index (κ2) is 10.0. The number of nitrogens with one attached hydrogen (secondary N) is 2. The monoisotopic (exact) mass is 370 g/mol. The second-order valence-electron chi connectivity index (χ2n) is 7.15. The molecule has 1 aliphatic rings. The van der Waals surface area contributed by atoms with Gasteiger partial charge < -0.3 is 24.8 Å². The maximum Gasteiger partial charge on any atom is 0.407 e. The number of hydrogen-bond acceptors (Lipinski definition) is 6. The van der Waals surface area contributed by atoms with E-state index in [2.05, 4.69) is 17.2 Å². The Morgan fingerprint density at radius 2 is 1.73 bits per heavy atom. The van der Waals surface area contributed by atoms with Crippen molar-refractivity contribution in [2.45, 2.75) is 64.6 Å². The van der Waals surface area contributed by atoms with Crippen LogP contribution in [0.5, 0.6) is 0 Å². The van der Waals surface area contributed by atoms with Gasteiger partial charge in [-0.05, 0) is 47.0 Å². The minimum atomic E-state index is -0.648. The first-order valence-electron chi connectivity index (χ1n) is 8.86. The lowest BCUT2D eigenvalue weighted by atomic mass is 9.82. The normalized spacial score (nSPS) is 22.7. The third-order valence-corrected chi connectivity index (χ3v) is 3.81. The van der Waals surface area contributed by atoms with Crippen molar-refractivity contribution in [1.29, 1.82) is 0 Å². The van der Waals surface area contributed by atoms with E-state index in [1.54, 1.807) is 27.7 Å². The van der Waals surface area contributed by atoms with E-state index >= 15 is 0 Å². The largest absolute Gasteiger partial charge is 0.466 e. The molecule has 0 spiro atoms. The van der Waals surface area contributed by atoms with E-state index in [1.165, 1.54) is 6.08 Å². The number of carbonyl (C=O) groups excluding carboxylic acids is 3. The molecule has 1 rings (SSSR count). The first kappa shape index (κ1) is 21.8. The molecule has 0 aromatic carbocycles. The third-order valence-electron chi connectivity index (χ3n) is 3.81. The highest BCUT2D eigenvalue weighted by atomic mass is 16.6. The molecule has 3 unspecified atom stereocenters. The van der Waals surface area contributed by atoms with E-state index in [1.807, 2.05) is 0 Å². The zero-order chi connectivity index (χ0) is 19.7. The average Bonchev–Trinajstić information content (AvgIpc) is 2.53. The molecule has 0 saturated heterocycles. The molecule has 0 aromatic rings. The van der Waals surface area contributed by atoms with Crippen LogP contribution in [0.3, 0.4) is 0 Å². The summed E-state index contributed by atoms with van der Waals surface area (Å²) in [6.07, 6.45) is 1.68. The molecule has 3 atom stereocenters. The average molecular weight is 370 g/mol. The fraction of sp³-hybridized carbons (Fsp3) is 0.722. The maximum absolute atomic E-state index is 12.1. The zero-order valence-electron chi connectivity index (χ0n) is 16.0. The van der Waals surface area contributed by atoms with Crippen LogP contribution in [0.1, 0.15) is 47.0 Å². The van der Waals surface area contributed by atoms with E-state index in [4.69, 9.17) is 14.2 Å². The standard InChI is InChI=1S/C18H30N2O6/c1-6-10-25-16(22)19-13-9-8-12(15(21)24-7-2)11-14(13)20-17(23)26-18(3,4)5/h6,12-14H,1,7-11H2,2-5H3,(H,19,22)(H,20,23). The van der Waals surface area contributed by atoms with Crippen LogP contribution in [0, 0.1) is 5.92 Å². The molecule has 2 amide bonds. The Kier molecular flexibility index (Phi) is 8.41. The van der Waals surface area contributed by atoms with Gasteiger partial charge in [0.15, 0.2) is 0 Å². The van der Waals surface area contributed by atoms with Crippen molar-refractivity contribution in [3.8, 4) is 0 Å². The summed E-state index contributed by atoms with van der Waals surface area (Å²) >= 11 is 0. The van der Waals surface area contributed by atoms with Crippen molar-refractivity contribution in [3.05, 3.63) is 12.7 Å². The van der Waals surface area contributed by atoms with Crippen molar-refractivity contribution in [1.82, 2.24) is 10.6 Å².